The maximum Gasteiger partial charge on any atom is 0.419 e. The number of aromatic nitrogens is 4. The van der Waals surface area contributed by atoms with Gasteiger partial charge in [-0.2, -0.15) is 13.2 Å². The molecule has 2 atom stereocenters. The highest BCUT2D eigenvalue weighted by atomic mass is 19.4. The minimum absolute atomic E-state index is 0.00813. The van der Waals surface area contributed by atoms with Crippen LogP contribution in [0.2, 0.25) is 0 Å². The van der Waals surface area contributed by atoms with Gasteiger partial charge in [0.05, 0.1) is 11.4 Å². The van der Waals surface area contributed by atoms with E-state index in [0.717, 1.165) is 17.3 Å². The summed E-state index contributed by atoms with van der Waals surface area (Å²) >= 11 is 0. The molecule has 1 aliphatic rings. The van der Waals surface area contributed by atoms with Crippen LogP contribution < -0.4 is 5.32 Å². The SMILES string of the molecule is Cc1noc(C)c1-c1ccc2c(-c3nc(NC4CN(C(=O)O)CCC4C)ncc3C(F)(F)F)c[nH]c2c1. The Labute approximate surface area is 209 Å². The van der Waals surface area contributed by atoms with Crippen molar-refractivity contribution in [2.24, 2.45) is 5.92 Å². The molecule has 1 saturated heterocycles. The number of nitrogens with one attached hydrogen (secondary N) is 2. The van der Waals surface area contributed by atoms with E-state index in [0.29, 0.717) is 35.3 Å². The second-order valence-corrected chi connectivity index (χ2v) is 9.36. The number of aromatic amines is 1. The lowest BCUT2D eigenvalue weighted by molar-refractivity contribution is -0.137. The number of aryl methyl sites for hydroxylation is 2. The monoisotopic (exact) mass is 514 g/mol. The Morgan fingerprint density at radius 1 is 1.30 bits per heavy atom. The van der Waals surface area contributed by atoms with Gasteiger partial charge >= 0.3 is 12.3 Å². The number of halogens is 3. The predicted octanol–water partition coefficient (Wildman–Crippen LogP) is 5.72. The number of benzene rings is 1. The third-order valence-corrected chi connectivity index (χ3v) is 6.90. The number of amides is 1. The molecule has 4 aromatic rings. The number of carbonyl (C=O) groups is 1. The summed E-state index contributed by atoms with van der Waals surface area (Å²) < 4.78 is 47.2. The van der Waals surface area contributed by atoms with E-state index < -0.39 is 17.8 Å². The highest BCUT2D eigenvalue weighted by molar-refractivity contribution is 5.97. The fraction of sp³-hybridized carbons (Fsp3) is 0.360. The van der Waals surface area contributed by atoms with Gasteiger partial charge in [-0.15, -0.1) is 0 Å². The van der Waals surface area contributed by atoms with Gasteiger partial charge in [0, 0.05) is 53.6 Å². The van der Waals surface area contributed by atoms with Crippen LogP contribution in [0.5, 0.6) is 0 Å². The van der Waals surface area contributed by atoms with Crippen molar-refractivity contribution in [2.45, 2.75) is 39.4 Å². The molecule has 0 radical (unpaired) electrons. The van der Waals surface area contributed by atoms with Crippen LogP contribution in [0, 0.1) is 19.8 Å². The molecule has 4 heterocycles. The summed E-state index contributed by atoms with van der Waals surface area (Å²) in [5.74, 6) is 0.738. The van der Waals surface area contributed by atoms with E-state index in [1.54, 1.807) is 13.0 Å². The number of hydrogen-bond donors (Lipinski definition) is 3. The molecule has 0 saturated carbocycles. The van der Waals surface area contributed by atoms with Crippen molar-refractivity contribution in [3.8, 4) is 22.4 Å². The van der Waals surface area contributed by atoms with Crippen LogP contribution >= 0.6 is 0 Å². The summed E-state index contributed by atoms with van der Waals surface area (Å²) in [6.45, 7) is 6.17. The fourth-order valence-electron chi connectivity index (χ4n) is 4.83. The highest BCUT2D eigenvalue weighted by Gasteiger charge is 2.37. The van der Waals surface area contributed by atoms with Crippen molar-refractivity contribution < 1.29 is 27.6 Å². The van der Waals surface area contributed by atoms with E-state index in [1.807, 2.05) is 26.0 Å². The molecule has 0 bridgehead atoms. The predicted molar refractivity (Wildman–Crippen MR) is 130 cm³/mol. The van der Waals surface area contributed by atoms with E-state index in [1.165, 1.54) is 11.1 Å². The lowest BCUT2D eigenvalue weighted by Gasteiger charge is -2.36. The average molecular weight is 515 g/mol. The van der Waals surface area contributed by atoms with Gasteiger partial charge in [-0.05, 0) is 37.8 Å². The van der Waals surface area contributed by atoms with E-state index in [-0.39, 0.29) is 35.7 Å². The first-order chi connectivity index (χ1) is 17.5. The van der Waals surface area contributed by atoms with Crippen LogP contribution in [0.25, 0.3) is 33.3 Å². The maximum atomic E-state index is 14.0. The Morgan fingerprint density at radius 3 is 2.76 bits per heavy atom. The van der Waals surface area contributed by atoms with E-state index in [4.69, 9.17) is 4.52 Å². The number of carboxylic acid groups (broad SMARTS) is 1. The minimum Gasteiger partial charge on any atom is -0.465 e. The molecule has 0 aliphatic carbocycles. The summed E-state index contributed by atoms with van der Waals surface area (Å²) in [5.41, 5.74) is 2.06. The largest absolute Gasteiger partial charge is 0.465 e. The summed E-state index contributed by atoms with van der Waals surface area (Å²) in [4.78, 5) is 24.0. The molecule has 5 rings (SSSR count). The van der Waals surface area contributed by atoms with Crippen molar-refractivity contribution >= 4 is 22.9 Å². The van der Waals surface area contributed by atoms with Gasteiger partial charge < -0.3 is 24.8 Å². The second-order valence-electron chi connectivity index (χ2n) is 9.36. The normalized spacial score (nSPS) is 18.4. The smallest absolute Gasteiger partial charge is 0.419 e. The molecule has 194 valence electrons. The van der Waals surface area contributed by atoms with Crippen molar-refractivity contribution in [1.82, 2.24) is 25.0 Å². The molecular weight excluding hydrogens is 489 g/mol. The molecule has 2 unspecified atom stereocenters. The van der Waals surface area contributed by atoms with Crippen LogP contribution in [-0.2, 0) is 6.18 Å². The molecule has 3 N–H and O–H groups in total. The number of alkyl halides is 3. The van der Waals surface area contributed by atoms with Crippen molar-refractivity contribution in [3.63, 3.8) is 0 Å². The van der Waals surface area contributed by atoms with Crippen LogP contribution in [-0.4, -0.2) is 55.3 Å². The standard InChI is InChI=1S/C25H25F3N6O3/c1-12-6-7-34(24(35)36)11-20(12)31-23-30-10-18(25(26,27)28)22(32-23)17-9-29-19-8-15(4-5-16(17)19)21-13(2)33-37-14(21)3/h4-5,8-10,12,20,29H,6-7,11H2,1-3H3,(H,35,36)(H,30,31,32). The van der Waals surface area contributed by atoms with Crippen LogP contribution in [0.4, 0.5) is 23.9 Å². The third-order valence-electron chi connectivity index (χ3n) is 6.90. The summed E-state index contributed by atoms with van der Waals surface area (Å²) in [7, 11) is 0. The first kappa shape index (κ1) is 24.6. The zero-order chi connectivity index (χ0) is 26.5. The van der Waals surface area contributed by atoms with E-state index >= 15 is 0 Å². The molecule has 0 spiro atoms. The summed E-state index contributed by atoms with van der Waals surface area (Å²) in [5, 5.41) is 16.9. The molecule has 1 amide bonds. The lowest BCUT2D eigenvalue weighted by Crippen LogP contribution is -2.48. The lowest BCUT2D eigenvalue weighted by atomic mass is 9.94. The number of hydrogen-bond acceptors (Lipinski definition) is 6. The Hall–Kier alpha value is -4.09. The second kappa shape index (κ2) is 9.09. The maximum absolute atomic E-state index is 14.0. The first-order valence-electron chi connectivity index (χ1n) is 11.8. The number of fused-ring (bicyclic) bond motifs is 1. The summed E-state index contributed by atoms with van der Waals surface area (Å²) in [6.07, 6.45) is -2.83. The zero-order valence-electron chi connectivity index (χ0n) is 20.3. The molecule has 1 aliphatic heterocycles. The van der Waals surface area contributed by atoms with Crippen molar-refractivity contribution in [1.29, 1.82) is 0 Å². The zero-order valence-corrected chi connectivity index (χ0v) is 20.3. The Morgan fingerprint density at radius 2 is 2.08 bits per heavy atom. The number of H-pyrrole nitrogens is 1. The number of piperidine rings is 1. The Bertz CT molecular complexity index is 1460. The van der Waals surface area contributed by atoms with Crippen LogP contribution in [0.1, 0.15) is 30.4 Å². The molecule has 3 aromatic heterocycles. The quantitative estimate of drug-likeness (QED) is 0.319. The summed E-state index contributed by atoms with van der Waals surface area (Å²) in [6, 6.07) is 5.05. The van der Waals surface area contributed by atoms with Gasteiger partial charge in [0.1, 0.15) is 11.3 Å². The van der Waals surface area contributed by atoms with Crippen LogP contribution in [0.15, 0.2) is 35.1 Å². The molecule has 1 fully saturated rings. The van der Waals surface area contributed by atoms with E-state index in [9.17, 15) is 23.1 Å². The van der Waals surface area contributed by atoms with E-state index in [2.05, 4.69) is 25.4 Å². The average Bonchev–Trinajstić information content (AvgIpc) is 3.41. The highest BCUT2D eigenvalue weighted by Crippen LogP contribution is 2.40. The molecular formula is C25H25F3N6O3. The fourth-order valence-corrected chi connectivity index (χ4v) is 4.83. The molecule has 9 nitrogen and oxygen atoms in total. The number of anilines is 1. The van der Waals surface area contributed by atoms with Gasteiger partial charge in [0.2, 0.25) is 5.95 Å². The molecule has 37 heavy (non-hydrogen) atoms. The van der Waals surface area contributed by atoms with Gasteiger partial charge in [-0.25, -0.2) is 14.8 Å². The first-order valence-corrected chi connectivity index (χ1v) is 11.8. The Balaban J connectivity index is 1.54. The molecule has 12 heteroatoms. The topological polar surface area (TPSA) is 120 Å². The Kier molecular flexibility index (Phi) is 6.04. The third kappa shape index (κ3) is 4.58. The molecule has 1 aromatic carbocycles. The van der Waals surface area contributed by atoms with Gasteiger partial charge in [-0.1, -0.05) is 24.2 Å². The van der Waals surface area contributed by atoms with Crippen molar-refractivity contribution in [2.75, 3.05) is 18.4 Å². The van der Waals surface area contributed by atoms with Gasteiger partial charge in [0.15, 0.2) is 0 Å². The van der Waals surface area contributed by atoms with Crippen LogP contribution in [0.3, 0.4) is 0 Å². The van der Waals surface area contributed by atoms with Gasteiger partial charge in [0.25, 0.3) is 0 Å². The number of likely N-dealkylation sites (tertiary alicyclic amines) is 1. The number of rotatable bonds is 4. The van der Waals surface area contributed by atoms with Gasteiger partial charge in [-0.3, -0.25) is 0 Å². The minimum atomic E-state index is -4.67. The van der Waals surface area contributed by atoms with Crippen molar-refractivity contribution in [3.05, 3.63) is 47.6 Å². The number of nitrogens with zero attached hydrogens (tertiary/aromatic N) is 4.